The topological polar surface area (TPSA) is 64.4 Å². The number of benzene rings is 2. The van der Waals surface area contributed by atoms with Crippen molar-refractivity contribution in [2.45, 2.75) is 33.4 Å². The molecule has 2 heterocycles. The van der Waals surface area contributed by atoms with Gasteiger partial charge in [-0.3, -0.25) is 14.2 Å². The summed E-state index contributed by atoms with van der Waals surface area (Å²) < 4.78 is 6.81. The van der Waals surface area contributed by atoms with E-state index in [1.165, 1.54) is 15.9 Å². The fourth-order valence-corrected chi connectivity index (χ4v) is 4.68. The molecule has 2 aromatic heterocycles. The maximum atomic E-state index is 12.8. The zero-order valence-corrected chi connectivity index (χ0v) is 19.0. The molecule has 160 valence electrons. The van der Waals surface area contributed by atoms with E-state index in [1.54, 1.807) is 25.4 Å². The Morgan fingerprint density at radius 2 is 1.90 bits per heavy atom. The molecule has 0 unspecified atom stereocenters. The summed E-state index contributed by atoms with van der Waals surface area (Å²) in [5, 5.41) is 2.86. The number of fused-ring (bicyclic) bond motifs is 2. The average Bonchev–Trinajstić information content (AvgIpc) is 3.06. The number of hydrogen-bond donors (Lipinski definition) is 0. The Morgan fingerprint density at radius 1 is 1.16 bits per heavy atom. The van der Waals surface area contributed by atoms with Gasteiger partial charge in [-0.2, -0.15) is 0 Å². The van der Waals surface area contributed by atoms with Crippen LogP contribution in [0.3, 0.4) is 0 Å². The molecule has 0 bridgehead atoms. The SMILES string of the molecule is COc1ccc2cc(CN(C)C(=O)CCn3cnc4sc(C)c(C)c4c3=O)ccc2c1. The van der Waals surface area contributed by atoms with Crippen LogP contribution in [0.4, 0.5) is 0 Å². The van der Waals surface area contributed by atoms with Crippen LogP contribution in [0.25, 0.3) is 21.0 Å². The number of methoxy groups -OCH3 is 1. The second-order valence-electron chi connectivity index (χ2n) is 7.75. The van der Waals surface area contributed by atoms with Crippen molar-refractivity contribution in [1.29, 1.82) is 0 Å². The lowest BCUT2D eigenvalue weighted by Crippen LogP contribution is -2.29. The van der Waals surface area contributed by atoms with Crippen molar-refractivity contribution in [3.63, 3.8) is 0 Å². The van der Waals surface area contributed by atoms with Crippen LogP contribution in [0.5, 0.6) is 5.75 Å². The quantitative estimate of drug-likeness (QED) is 0.453. The number of rotatable bonds is 6. The van der Waals surface area contributed by atoms with Crippen molar-refractivity contribution in [2.75, 3.05) is 14.2 Å². The van der Waals surface area contributed by atoms with Gasteiger partial charge in [-0.15, -0.1) is 11.3 Å². The van der Waals surface area contributed by atoms with Crippen LogP contribution < -0.4 is 10.3 Å². The maximum absolute atomic E-state index is 12.8. The Balaban J connectivity index is 1.44. The lowest BCUT2D eigenvalue weighted by Gasteiger charge is -2.18. The first-order valence-corrected chi connectivity index (χ1v) is 10.9. The normalized spacial score (nSPS) is 11.2. The minimum atomic E-state index is -0.0766. The first kappa shape index (κ1) is 21.1. The first-order valence-electron chi connectivity index (χ1n) is 10.1. The molecule has 4 aromatic rings. The summed E-state index contributed by atoms with van der Waals surface area (Å²) in [6, 6.07) is 12.1. The van der Waals surface area contributed by atoms with Crippen LogP contribution >= 0.6 is 11.3 Å². The van der Waals surface area contributed by atoms with E-state index in [2.05, 4.69) is 11.1 Å². The smallest absolute Gasteiger partial charge is 0.262 e. The number of amides is 1. The second kappa shape index (κ2) is 8.51. The van der Waals surface area contributed by atoms with E-state index in [0.717, 1.165) is 37.4 Å². The van der Waals surface area contributed by atoms with Gasteiger partial charge in [-0.1, -0.05) is 18.2 Å². The van der Waals surface area contributed by atoms with Gasteiger partial charge in [0.15, 0.2) is 0 Å². The minimum Gasteiger partial charge on any atom is -0.497 e. The highest BCUT2D eigenvalue weighted by molar-refractivity contribution is 7.18. The van der Waals surface area contributed by atoms with Crippen LogP contribution in [0.2, 0.25) is 0 Å². The molecule has 0 aliphatic heterocycles. The predicted octanol–water partition coefficient (Wildman–Crippen LogP) is 4.29. The highest BCUT2D eigenvalue weighted by Gasteiger charge is 2.14. The largest absolute Gasteiger partial charge is 0.497 e. The number of hydrogen-bond acceptors (Lipinski definition) is 5. The van der Waals surface area contributed by atoms with Crippen molar-refractivity contribution < 1.29 is 9.53 Å². The molecule has 0 saturated heterocycles. The lowest BCUT2D eigenvalue weighted by molar-refractivity contribution is -0.130. The van der Waals surface area contributed by atoms with E-state index in [-0.39, 0.29) is 17.9 Å². The van der Waals surface area contributed by atoms with Gasteiger partial charge in [0.2, 0.25) is 5.91 Å². The standard InChI is InChI=1S/C24H25N3O3S/c1-15-16(2)31-23-22(15)24(29)27(14-25-23)10-9-21(28)26(3)13-17-5-6-19-12-20(30-4)8-7-18(19)11-17/h5-8,11-12,14H,9-10,13H2,1-4H3. The molecular formula is C24H25N3O3S. The van der Waals surface area contributed by atoms with E-state index >= 15 is 0 Å². The van der Waals surface area contributed by atoms with Gasteiger partial charge in [0.25, 0.3) is 5.56 Å². The van der Waals surface area contributed by atoms with Crippen molar-refractivity contribution >= 4 is 38.2 Å². The Labute approximate surface area is 184 Å². The van der Waals surface area contributed by atoms with Crippen molar-refractivity contribution in [3.8, 4) is 5.75 Å². The van der Waals surface area contributed by atoms with E-state index in [4.69, 9.17) is 4.74 Å². The molecule has 6 nitrogen and oxygen atoms in total. The number of nitrogens with zero attached hydrogens (tertiary/aromatic N) is 3. The Morgan fingerprint density at radius 3 is 2.68 bits per heavy atom. The van der Waals surface area contributed by atoms with Gasteiger partial charge < -0.3 is 9.64 Å². The maximum Gasteiger partial charge on any atom is 0.262 e. The van der Waals surface area contributed by atoms with E-state index < -0.39 is 0 Å². The average molecular weight is 436 g/mol. The summed E-state index contributed by atoms with van der Waals surface area (Å²) in [5.74, 6) is 0.809. The predicted molar refractivity (Wildman–Crippen MR) is 125 cm³/mol. The molecule has 0 atom stereocenters. The molecule has 31 heavy (non-hydrogen) atoms. The van der Waals surface area contributed by atoms with Crippen LogP contribution in [0.15, 0.2) is 47.5 Å². The van der Waals surface area contributed by atoms with Gasteiger partial charge in [-0.25, -0.2) is 4.98 Å². The Kier molecular flexibility index (Phi) is 5.78. The molecule has 1 amide bonds. The fourth-order valence-electron chi connectivity index (χ4n) is 3.70. The highest BCUT2D eigenvalue weighted by atomic mass is 32.1. The summed E-state index contributed by atoms with van der Waals surface area (Å²) in [4.78, 5) is 33.4. The molecule has 0 spiro atoms. The Bertz CT molecular complexity index is 1340. The number of thiophene rings is 1. The number of carbonyl (C=O) groups excluding carboxylic acids is 1. The second-order valence-corrected chi connectivity index (χ2v) is 8.96. The Hall–Kier alpha value is -3.19. The van der Waals surface area contributed by atoms with Crippen LogP contribution in [-0.2, 0) is 17.9 Å². The first-order chi connectivity index (χ1) is 14.9. The van der Waals surface area contributed by atoms with Crippen molar-refractivity contribution in [3.05, 3.63) is 69.1 Å². The third-order valence-electron chi connectivity index (χ3n) is 5.68. The molecule has 4 rings (SSSR count). The molecule has 0 radical (unpaired) electrons. The highest BCUT2D eigenvalue weighted by Crippen LogP contribution is 2.25. The van der Waals surface area contributed by atoms with E-state index in [9.17, 15) is 9.59 Å². The fraction of sp³-hybridized carbons (Fsp3) is 0.292. The summed E-state index contributed by atoms with van der Waals surface area (Å²) in [5.41, 5.74) is 1.95. The lowest BCUT2D eigenvalue weighted by atomic mass is 10.1. The molecule has 7 heteroatoms. The van der Waals surface area contributed by atoms with E-state index in [0.29, 0.717) is 18.5 Å². The van der Waals surface area contributed by atoms with Gasteiger partial charge >= 0.3 is 0 Å². The molecular weight excluding hydrogens is 410 g/mol. The van der Waals surface area contributed by atoms with Gasteiger partial charge in [-0.05, 0) is 53.9 Å². The molecule has 0 N–H and O–H groups in total. The summed E-state index contributed by atoms with van der Waals surface area (Å²) in [6.45, 7) is 4.76. The summed E-state index contributed by atoms with van der Waals surface area (Å²) in [6.07, 6.45) is 1.79. The molecule has 2 aromatic carbocycles. The summed E-state index contributed by atoms with van der Waals surface area (Å²) in [7, 11) is 3.44. The minimum absolute atomic E-state index is 0.0138. The number of carbonyl (C=O) groups is 1. The van der Waals surface area contributed by atoms with Crippen molar-refractivity contribution in [2.24, 2.45) is 0 Å². The zero-order chi connectivity index (χ0) is 22.1. The molecule has 0 fully saturated rings. The third kappa shape index (κ3) is 4.18. The van der Waals surface area contributed by atoms with Gasteiger partial charge in [0.05, 0.1) is 18.8 Å². The molecule has 0 aliphatic carbocycles. The van der Waals surface area contributed by atoms with Crippen LogP contribution in [0.1, 0.15) is 22.4 Å². The molecule has 0 aliphatic rings. The van der Waals surface area contributed by atoms with E-state index in [1.807, 2.05) is 44.2 Å². The van der Waals surface area contributed by atoms with Gasteiger partial charge in [0, 0.05) is 31.4 Å². The third-order valence-corrected chi connectivity index (χ3v) is 6.79. The monoisotopic (exact) mass is 435 g/mol. The number of ether oxygens (including phenoxy) is 1. The van der Waals surface area contributed by atoms with Crippen LogP contribution in [0, 0.1) is 13.8 Å². The number of aryl methyl sites for hydroxylation is 3. The van der Waals surface area contributed by atoms with Gasteiger partial charge in [0.1, 0.15) is 10.6 Å². The zero-order valence-electron chi connectivity index (χ0n) is 18.1. The van der Waals surface area contributed by atoms with Crippen LogP contribution in [-0.4, -0.2) is 34.5 Å². The number of aromatic nitrogens is 2. The summed E-state index contributed by atoms with van der Waals surface area (Å²) >= 11 is 1.53. The molecule has 0 saturated carbocycles. The van der Waals surface area contributed by atoms with Crippen molar-refractivity contribution in [1.82, 2.24) is 14.5 Å².